The molecule has 2 aromatic carbocycles. The first-order valence-electron chi connectivity index (χ1n) is 7.52. The molecule has 2 aromatic rings. The van der Waals surface area contributed by atoms with Gasteiger partial charge < -0.3 is 5.32 Å². The summed E-state index contributed by atoms with van der Waals surface area (Å²) in [5.41, 5.74) is 4.72. The van der Waals surface area contributed by atoms with Crippen LogP contribution >= 0.6 is 0 Å². The molecule has 2 heteroatoms. The van der Waals surface area contributed by atoms with Crippen LogP contribution in [0, 0.1) is 6.92 Å². The third-order valence-electron chi connectivity index (χ3n) is 3.75. The van der Waals surface area contributed by atoms with Crippen LogP contribution < -0.4 is 5.32 Å². The van der Waals surface area contributed by atoms with Crippen LogP contribution in [0.25, 0.3) is 0 Å². The van der Waals surface area contributed by atoms with E-state index in [0.29, 0.717) is 6.42 Å². The van der Waals surface area contributed by atoms with Crippen LogP contribution in [0.5, 0.6) is 0 Å². The Labute approximate surface area is 127 Å². The zero-order valence-corrected chi connectivity index (χ0v) is 13.0. The SMILES string of the molecule is CCc1ccc(C(C)NC(=O)Cc2ccc(C)cc2)cc1. The molecule has 1 unspecified atom stereocenters. The molecule has 110 valence electrons. The van der Waals surface area contributed by atoms with Crippen molar-refractivity contribution in [3.05, 3.63) is 70.8 Å². The molecule has 0 fully saturated rings. The Morgan fingerprint density at radius 3 is 2.14 bits per heavy atom. The molecular formula is C19H23NO. The number of hydrogen-bond acceptors (Lipinski definition) is 1. The second kappa shape index (κ2) is 7.07. The maximum Gasteiger partial charge on any atom is 0.224 e. The van der Waals surface area contributed by atoms with Gasteiger partial charge in [-0.1, -0.05) is 61.0 Å². The van der Waals surface area contributed by atoms with E-state index in [1.165, 1.54) is 11.1 Å². The Kier molecular flexibility index (Phi) is 5.15. The standard InChI is InChI=1S/C19H23NO/c1-4-16-9-11-18(12-10-16)15(3)20-19(21)13-17-7-5-14(2)6-8-17/h5-12,15H,4,13H2,1-3H3,(H,20,21). The maximum atomic E-state index is 12.1. The fourth-order valence-corrected chi connectivity index (χ4v) is 2.31. The molecule has 0 aliphatic carbocycles. The molecule has 1 amide bonds. The number of carbonyl (C=O) groups excluding carboxylic acids is 1. The van der Waals surface area contributed by atoms with Gasteiger partial charge in [-0.25, -0.2) is 0 Å². The summed E-state index contributed by atoms with van der Waals surface area (Å²) in [6, 6.07) is 16.6. The largest absolute Gasteiger partial charge is 0.349 e. The Bertz CT molecular complexity index is 584. The monoisotopic (exact) mass is 281 g/mol. The van der Waals surface area contributed by atoms with E-state index in [-0.39, 0.29) is 11.9 Å². The van der Waals surface area contributed by atoms with E-state index in [1.54, 1.807) is 0 Å². The number of carbonyl (C=O) groups is 1. The van der Waals surface area contributed by atoms with E-state index in [0.717, 1.165) is 17.5 Å². The van der Waals surface area contributed by atoms with Gasteiger partial charge in [-0.05, 0) is 37.0 Å². The third-order valence-corrected chi connectivity index (χ3v) is 3.75. The summed E-state index contributed by atoms with van der Waals surface area (Å²) in [6.45, 7) is 6.21. The lowest BCUT2D eigenvalue weighted by molar-refractivity contribution is -0.121. The normalized spacial score (nSPS) is 12.0. The van der Waals surface area contributed by atoms with E-state index in [4.69, 9.17) is 0 Å². The molecule has 1 N–H and O–H groups in total. The van der Waals surface area contributed by atoms with Crippen LogP contribution in [-0.4, -0.2) is 5.91 Å². The fourth-order valence-electron chi connectivity index (χ4n) is 2.31. The third kappa shape index (κ3) is 4.45. The van der Waals surface area contributed by atoms with E-state index in [9.17, 15) is 4.79 Å². The Morgan fingerprint density at radius 2 is 1.57 bits per heavy atom. The quantitative estimate of drug-likeness (QED) is 0.882. The zero-order valence-electron chi connectivity index (χ0n) is 13.0. The molecule has 21 heavy (non-hydrogen) atoms. The van der Waals surface area contributed by atoms with Crippen LogP contribution in [0.1, 0.15) is 42.1 Å². The Morgan fingerprint density at radius 1 is 1.00 bits per heavy atom. The van der Waals surface area contributed by atoms with E-state index in [1.807, 2.05) is 38.1 Å². The highest BCUT2D eigenvalue weighted by Crippen LogP contribution is 2.14. The number of rotatable bonds is 5. The predicted octanol–water partition coefficient (Wildman–Crippen LogP) is 3.98. The van der Waals surface area contributed by atoms with E-state index in [2.05, 4.69) is 36.5 Å². The van der Waals surface area contributed by atoms with Gasteiger partial charge in [0.15, 0.2) is 0 Å². The molecule has 0 saturated heterocycles. The van der Waals surface area contributed by atoms with Crippen molar-refractivity contribution in [2.75, 3.05) is 0 Å². The van der Waals surface area contributed by atoms with Crippen LogP contribution in [0.3, 0.4) is 0 Å². The first-order valence-corrected chi connectivity index (χ1v) is 7.52. The number of amides is 1. The molecule has 2 rings (SSSR count). The molecule has 0 aromatic heterocycles. The van der Waals surface area contributed by atoms with Crippen molar-refractivity contribution in [3.63, 3.8) is 0 Å². The van der Waals surface area contributed by atoms with Crippen molar-refractivity contribution in [1.29, 1.82) is 0 Å². The summed E-state index contributed by atoms with van der Waals surface area (Å²) < 4.78 is 0. The van der Waals surface area contributed by atoms with Gasteiger partial charge in [0.25, 0.3) is 0 Å². The Balaban J connectivity index is 1.93. The summed E-state index contributed by atoms with van der Waals surface area (Å²) in [5.74, 6) is 0.0610. The zero-order chi connectivity index (χ0) is 15.2. The molecule has 0 aliphatic heterocycles. The summed E-state index contributed by atoms with van der Waals surface area (Å²) in [7, 11) is 0. The molecule has 0 bridgehead atoms. The van der Waals surface area contributed by atoms with Crippen molar-refractivity contribution < 1.29 is 4.79 Å². The lowest BCUT2D eigenvalue weighted by Crippen LogP contribution is -2.28. The minimum atomic E-state index is 0.0360. The van der Waals surface area contributed by atoms with Crippen molar-refractivity contribution >= 4 is 5.91 Å². The molecule has 1 atom stereocenters. The van der Waals surface area contributed by atoms with Gasteiger partial charge in [-0.3, -0.25) is 4.79 Å². The van der Waals surface area contributed by atoms with Gasteiger partial charge >= 0.3 is 0 Å². The molecule has 0 aliphatic rings. The second-order valence-corrected chi connectivity index (χ2v) is 5.55. The van der Waals surface area contributed by atoms with Crippen molar-refractivity contribution in [1.82, 2.24) is 5.32 Å². The van der Waals surface area contributed by atoms with Gasteiger partial charge in [-0.2, -0.15) is 0 Å². The average molecular weight is 281 g/mol. The highest BCUT2D eigenvalue weighted by atomic mass is 16.1. The minimum Gasteiger partial charge on any atom is -0.349 e. The van der Waals surface area contributed by atoms with Gasteiger partial charge in [0.2, 0.25) is 5.91 Å². The number of aryl methyl sites for hydroxylation is 2. The predicted molar refractivity (Wildman–Crippen MR) is 87.3 cm³/mol. The topological polar surface area (TPSA) is 29.1 Å². The molecular weight excluding hydrogens is 258 g/mol. The number of benzene rings is 2. The summed E-state index contributed by atoms with van der Waals surface area (Å²) in [6.07, 6.45) is 1.46. The van der Waals surface area contributed by atoms with Gasteiger partial charge in [-0.15, -0.1) is 0 Å². The average Bonchev–Trinajstić information content (AvgIpc) is 2.49. The number of nitrogens with one attached hydrogen (secondary N) is 1. The summed E-state index contributed by atoms with van der Waals surface area (Å²) in [5, 5.41) is 3.06. The van der Waals surface area contributed by atoms with Gasteiger partial charge in [0.05, 0.1) is 12.5 Å². The van der Waals surface area contributed by atoms with E-state index < -0.39 is 0 Å². The first-order chi connectivity index (χ1) is 10.1. The van der Waals surface area contributed by atoms with Crippen molar-refractivity contribution in [3.8, 4) is 0 Å². The summed E-state index contributed by atoms with van der Waals surface area (Å²) in [4.78, 5) is 12.1. The van der Waals surface area contributed by atoms with Crippen LogP contribution in [0.2, 0.25) is 0 Å². The molecule has 2 nitrogen and oxygen atoms in total. The van der Waals surface area contributed by atoms with Crippen LogP contribution in [0.4, 0.5) is 0 Å². The maximum absolute atomic E-state index is 12.1. The summed E-state index contributed by atoms with van der Waals surface area (Å²) >= 11 is 0. The molecule has 0 spiro atoms. The molecule has 0 heterocycles. The smallest absolute Gasteiger partial charge is 0.224 e. The Hall–Kier alpha value is -2.09. The van der Waals surface area contributed by atoms with Gasteiger partial charge in [0.1, 0.15) is 0 Å². The highest BCUT2D eigenvalue weighted by Gasteiger charge is 2.10. The van der Waals surface area contributed by atoms with E-state index >= 15 is 0 Å². The van der Waals surface area contributed by atoms with Crippen molar-refractivity contribution in [2.24, 2.45) is 0 Å². The molecule has 0 radical (unpaired) electrons. The van der Waals surface area contributed by atoms with Crippen LogP contribution in [0.15, 0.2) is 48.5 Å². The molecule has 0 saturated carbocycles. The highest BCUT2D eigenvalue weighted by molar-refractivity contribution is 5.79. The fraction of sp³-hybridized carbons (Fsp3) is 0.316. The number of hydrogen-bond donors (Lipinski definition) is 1. The van der Waals surface area contributed by atoms with Gasteiger partial charge in [0, 0.05) is 0 Å². The lowest BCUT2D eigenvalue weighted by Gasteiger charge is -2.15. The second-order valence-electron chi connectivity index (χ2n) is 5.55. The lowest BCUT2D eigenvalue weighted by atomic mass is 10.0. The first kappa shape index (κ1) is 15.3. The minimum absolute atomic E-state index is 0.0360. The van der Waals surface area contributed by atoms with Crippen LogP contribution in [-0.2, 0) is 17.6 Å². The van der Waals surface area contributed by atoms with Crippen molar-refractivity contribution in [2.45, 2.75) is 39.7 Å².